The van der Waals surface area contributed by atoms with Crippen molar-refractivity contribution in [3.8, 4) is 0 Å². The third-order valence-corrected chi connectivity index (χ3v) is 6.36. The molecule has 0 saturated heterocycles. The Bertz CT molecular complexity index is 1610. The predicted octanol–water partition coefficient (Wildman–Crippen LogP) is 13.5. The van der Waals surface area contributed by atoms with Crippen molar-refractivity contribution in [1.29, 1.82) is 0 Å². The quantitative estimate of drug-likeness (QED) is 0.107. The molecule has 0 N–H and O–H groups in total. The first-order valence-corrected chi connectivity index (χ1v) is 15.7. The molecule has 0 aromatic heterocycles. The largest absolute Gasteiger partial charge is 0.310 e. The Hall–Kier alpha value is -5.92. The zero-order valence-corrected chi connectivity index (χ0v) is 29.3. The Morgan fingerprint density at radius 1 is 0.458 bits per heavy atom. The van der Waals surface area contributed by atoms with Gasteiger partial charge in [0.05, 0.1) is 5.70 Å². The molecule has 0 aliphatic carbocycles. The van der Waals surface area contributed by atoms with Crippen LogP contribution in [0, 0.1) is 0 Å². The number of hydrogen-bond acceptors (Lipinski definition) is 1. The monoisotopic (exact) mass is 631 g/mol. The molecule has 0 aliphatic heterocycles. The number of allylic oxidation sites excluding steroid dienone is 32. The minimum Gasteiger partial charge on any atom is -0.310 e. The van der Waals surface area contributed by atoms with E-state index in [9.17, 15) is 0 Å². The molecule has 0 bridgehead atoms. The van der Waals surface area contributed by atoms with Crippen molar-refractivity contribution >= 4 is 0 Å². The average molecular weight is 632 g/mol. The van der Waals surface area contributed by atoms with Gasteiger partial charge in [-0.2, -0.15) is 0 Å². The molecule has 1 heteroatoms. The molecule has 0 radical (unpaired) electrons. The first kappa shape index (κ1) is 42.1. The molecule has 0 atom stereocenters. The summed E-state index contributed by atoms with van der Waals surface area (Å²) in [5, 5.41) is 0. The van der Waals surface area contributed by atoms with Crippen molar-refractivity contribution in [2.24, 2.45) is 0 Å². The van der Waals surface area contributed by atoms with E-state index in [4.69, 9.17) is 0 Å². The van der Waals surface area contributed by atoms with Crippen molar-refractivity contribution < 1.29 is 0 Å². The van der Waals surface area contributed by atoms with E-state index < -0.39 is 0 Å². The summed E-state index contributed by atoms with van der Waals surface area (Å²) in [6, 6.07) is 0. The molecular formula is C47H53N. The molecule has 246 valence electrons. The fourth-order valence-corrected chi connectivity index (χ4v) is 4.39. The number of hydrogen-bond donors (Lipinski definition) is 0. The summed E-state index contributed by atoms with van der Waals surface area (Å²) in [6.45, 7) is 42.5. The fraction of sp³-hybridized carbons (Fsp3) is 0.0638. The van der Waals surface area contributed by atoms with Crippen molar-refractivity contribution in [1.82, 2.24) is 4.90 Å². The molecule has 0 aromatic rings. The summed E-state index contributed by atoms with van der Waals surface area (Å²) < 4.78 is 0. The van der Waals surface area contributed by atoms with E-state index in [2.05, 4.69) is 82.3 Å². The lowest BCUT2D eigenvalue weighted by molar-refractivity contribution is 0.573. The molecular weight excluding hydrogens is 579 g/mol. The van der Waals surface area contributed by atoms with Crippen LogP contribution in [0.1, 0.15) is 20.8 Å². The van der Waals surface area contributed by atoms with Crippen molar-refractivity contribution in [3.05, 3.63) is 268 Å². The van der Waals surface area contributed by atoms with Crippen LogP contribution in [0.4, 0.5) is 0 Å². The summed E-state index contributed by atoms with van der Waals surface area (Å²) in [5.41, 5.74) is 7.55. The Kier molecular flexibility index (Phi) is 23.1. The van der Waals surface area contributed by atoms with Crippen molar-refractivity contribution in [2.75, 3.05) is 0 Å². The fourth-order valence-electron chi connectivity index (χ4n) is 4.39. The smallest absolute Gasteiger partial charge is 0.0546 e. The summed E-state index contributed by atoms with van der Waals surface area (Å²) in [4.78, 5) is 2.17. The molecule has 48 heavy (non-hydrogen) atoms. The lowest BCUT2D eigenvalue weighted by Crippen LogP contribution is -2.22. The minimum absolute atomic E-state index is 0.747. The van der Waals surface area contributed by atoms with Gasteiger partial charge in [-0.25, -0.2) is 0 Å². The van der Waals surface area contributed by atoms with Crippen LogP contribution in [0.15, 0.2) is 268 Å². The van der Waals surface area contributed by atoms with Gasteiger partial charge in [0.25, 0.3) is 0 Å². The van der Waals surface area contributed by atoms with Crippen LogP contribution in [0.5, 0.6) is 0 Å². The second-order valence-corrected chi connectivity index (χ2v) is 9.68. The lowest BCUT2D eigenvalue weighted by atomic mass is 9.89. The van der Waals surface area contributed by atoms with Crippen molar-refractivity contribution in [2.45, 2.75) is 20.8 Å². The molecule has 0 aromatic carbocycles. The molecule has 1 nitrogen and oxygen atoms in total. The maximum Gasteiger partial charge on any atom is 0.0546 e. The van der Waals surface area contributed by atoms with Gasteiger partial charge < -0.3 is 4.90 Å². The van der Waals surface area contributed by atoms with E-state index >= 15 is 0 Å². The maximum absolute atomic E-state index is 4.60. The van der Waals surface area contributed by atoms with E-state index in [1.807, 2.05) is 118 Å². The normalized spacial score (nSPS) is 14.6. The zero-order chi connectivity index (χ0) is 36.2. The third-order valence-electron chi connectivity index (χ3n) is 6.36. The van der Waals surface area contributed by atoms with Crippen LogP contribution in [0.25, 0.3) is 0 Å². The standard InChI is InChI=1S/C47H53N/c1-13-24-34-40(28-17-5)39(12)46(42(30-19-7)36-26-15-3)38-47(45(23-11)41(29-18-6)35-25-14-2)48(43(31-20-8)32-21-9)44(33-22-10)37-27-16-4/h13-38H,1-3,5-8,11-12H2,4,9-10H3/b27-16-,32-21-,33-22-,34-24-,35-25-,36-26-,40-28+,41-29?,42-30+,43-31+,44-37+,46-38+,47-45-. The van der Waals surface area contributed by atoms with Gasteiger partial charge in [-0.15, -0.1) is 0 Å². The van der Waals surface area contributed by atoms with Crippen LogP contribution in [0.3, 0.4) is 0 Å². The predicted molar refractivity (Wildman–Crippen MR) is 220 cm³/mol. The Balaban J connectivity index is 9.34. The van der Waals surface area contributed by atoms with Crippen LogP contribution in [0.2, 0.25) is 0 Å². The number of rotatable bonds is 22. The molecule has 0 unspecified atom stereocenters. The third kappa shape index (κ3) is 14.0. The van der Waals surface area contributed by atoms with Crippen LogP contribution >= 0.6 is 0 Å². The second kappa shape index (κ2) is 26.3. The van der Waals surface area contributed by atoms with E-state index in [1.54, 1.807) is 42.5 Å². The highest BCUT2D eigenvalue weighted by molar-refractivity contribution is 5.66. The van der Waals surface area contributed by atoms with Gasteiger partial charge in [-0.05, 0) is 79.0 Å². The SMILES string of the molecule is C=CC=C(/C=C\C=C)/C(C=C)=C(/C=C(C(=C)C(/C=C\C=C)=C/C=C)/C(/C=C\C=C)=C/C=C)N(C(/C=C\C)=C/C=C)C(/C=C\C)=C/C=C\C. The molecule has 0 aliphatic rings. The van der Waals surface area contributed by atoms with Gasteiger partial charge in [-0.3, -0.25) is 0 Å². The highest BCUT2D eigenvalue weighted by Crippen LogP contribution is 2.35. The lowest BCUT2D eigenvalue weighted by Gasteiger charge is -2.31. The van der Waals surface area contributed by atoms with Gasteiger partial charge in [0.2, 0.25) is 0 Å². The minimum atomic E-state index is 0.747. The van der Waals surface area contributed by atoms with Crippen LogP contribution < -0.4 is 0 Å². The van der Waals surface area contributed by atoms with Gasteiger partial charge in [-0.1, -0.05) is 187 Å². The molecule has 0 heterocycles. The van der Waals surface area contributed by atoms with E-state index in [0.717, 1.165) is 50.5 Å². The first-order valence-electron chi connectivity index (χ1n) is 15.7. The molecule has 0 spiro atoms. The first-order chi connectivity index (χ1) is 23.3. The van der Waals surface area contributed by atoms with E-state index in [1.165, 1.54) is 0 Å². The van der Waals surface area contributed by atoms with E-state index in [0.29, 0.717) is 0 Å². The molecule has 0 rings (SSSR count). The zero-order valence-electron chi connectivity index (χ0n) is 29.3. The molecule has 0 amide bonds. The average Bonchev–Trinajstić information content (AvgIpc) is 3.08. The topological polar surface area (TPSA) is 3.24 Å². The summed E-state index contributed by atoms with van der Waals surface area (Å²) >= 11 is 0. The Morgan fingerprint density at radius 3 is 1.38 bits per heavy atom. The maximum atomic E-state index is 4.60. The van der Waals surface area contributed by atoms with Crippen LogP contribution in [-0.4, -0.2) is 4.90 Å². The van der Waals surface area contributed by atoms with Crippen LogP contribution in [-0.2, 0) is 0 Å². The van der Waals surface area contributed by atoms with Gasteiger partial charge >= 0.3 is 0 Å². The van der Waals surface area contributed by atoms with Gasteiger partial charge in [0.1, 0.15) is 0 Å². The van der Waals surface area contributed by atoms with Crippen molar-refractivity contribution in [3.63, 3.8) is 0 Å². The van der Waals surface area contributed by atoms with Gasteiger partial charge in [0.15, 0.2) is 0 Å². The highest BCUT2D eigenvalue weighted by Gasteiger charge is 2.21. The highest BCUT2D eigenvalue weighted by atomic mass is 15.2. The van der Waals surface area contributed by atoms with E-state index in [-0.39, 0.29) is 0 Å². The second-order valence-electron chi connectivity index (χ2n) is 9.68. The Labute approximate surface area is 292 Å². The Morgan fingerprint density at radius 2 is 0.917 bits per heavy atom. The summed E-state index contributed by atoms with van der Waals surface area (Å²) in [5.74, 6) is 0. The number of nitrogens with zero attached hydrogens (tertiary/aromatic N) is 1. The molecule has 0 saturated carbocycles. The van der Waals surface area contributed by atoms with Gasteiger partial charge in [0, 0.05) is 17.0 Å². The summed E-state index contributed by atoms with van der Waals surface area (Å²) in [6.07, 6.45) is 49.7. The molecule has 0 fully saturated rings. The summed E-state index contributed by atoms with van der Waals surface area (Å²) in [7, 11) is 0.